The maximum absolute atomic E-state index is 12.6. The molecule has 2 aromatic heterocycles. The lowest BCUT2D eigenvalue weighted by Crippen LogP contribution is -2.30. The standard InChI is InChI=1S/C15H20N4OS2/c1-4-19(15(20)14-10(3)17-18-22-14)8-13-16-11-6-5-9(2)7-12(11)21-13/h9H,4-8H2,1-3H3. The highest BCUT2D eigenvalue weighted by molar-refractivity contribution is 7.11. The Morgan fingerprint density at radius 1 is 1.45 bits per heavy atom. The SMILES string of the molecule is CCN(Cc1nc2c(s1)CC(C)CC2)C(=O)c1snnc1C. The minimum Gasteiger partial charge on any atom is -0.331 e. The van der Waals surface area contributed by atoms with E-state index in [2.05, 4.69) is 16.5 Å². The van der Waals surface area contributed by atoms with Crippen molar-refractivity contribution in [3.63, 3.8) is 0 Å². The van der Waals surface area contributed by atoms with Crippen LogP contribution in [-0.4, -0.2) is 31.9 Å². The lowest BCUT2D eigenvalue weighted by molar-refractivity contribution is 0.0756. The maximum atomic E-state index is 12.6. The highest BCUT2D eigenvalue weighted by atomic mass is 32.1. The molecule has 0 fully saturated rings. The van der Waals surface area contributed by atoms with Gasteiger partial charge in [-0.15, -0.1) is 16.4 Å². The minimum absolute atomic E-state index is 0.0107. The zero-order chi connectivity index (χ0) is 15.7. The van der Waals surface area contributed by atoms with Crippen LogP contribution in [0, 0.1) is 12.8 Å². The van der Waals surface area contributed by atoms with Gasteiger partial charge in [0, 0.05) is 11.4 Å². The molecule has 2 heterocycles. The van der Waals surface area contributed by atoms with E-state index in [0.717, 1.165) is 23.8 Å². The average molecular weight is 336 g/mol. The van der Waals surface area contributed by atoms with Gasteiger partial charge in [-0.3, -0.25) is 4.79 Å². The number of rotatable bonds is 4. The molecule has 0 saturated heterocycles. The van der Waals surface area contributed by atoms with E-state index in [9.17, 15) is 4.79 Å². The lowest BCUT2D eigenvalue weighted by atomic mass is 9.93. The number of aromatic nitrogens is 3. The Labute approximate surface area is 138 Å². The van der Waals surface area contributed by atoms with Gasteiger partial charge in [0.1, 0.15) is 9.88 Å². The van der Waals surface area contributed by atoms with Gasteiger partial charge in [0.2, 0.25) is 0 Å². The fourth-order valence-corrected chi connectivity index (χ4v) is 4.64. The van der Waals surface area contributed by atoms with Gasteiger partial charge in [0.05, 0.1) is 17.9 Å². The maximum Gasteiger partial charge on any atom is 0.267 e. The van der Waals surface area contributed by atoms with Gasteiger partial charge in [0.25, 0.3) is 5.91 Å². The first kappa shape index (κ1) is 15.6. The second-order valence-corrected chi connectivity index (χ2v) is 7.75. The summed E-state index contributed by atoms with van der Waals surface area (Å²) in [6, 6.07) is 0. The predicted molar refractivity (Wildman–Crippen MR) is 88.4 cm³/mol. The van der Waals surface area contributed by atoms with Crippen LogP contribution in [0.15, 0.2) is 0 Å². The summed E-state index contributed by atoms with van der Waals surface area (Å²) in [6.07, 6.45) is 3.42. The molecule has 1 amide bonds. The summed E-state index contributed by atoms with van der Waals surface area (Å²) in [5.74, 6) is 0.757. The number of carbonyl (C=O) groups is 1. The molecule has 1 aliphatic carbocycles. The van der Waals surface area contributed by atoms with Crippen molar-refractivity contribution in [2.24, 2.45) is 5.92 Å². The molecule has 22 heavy (non-hydrogen) atoms. The molecule has 0 saturated carbocycles. The predicted octanol–water partition coefficient (Wildman–Crippen LogP) is 3.09. The van der Waals surface area contributed by atoms with E-state index in [1.807, 2.05) is 18.7 Å². The van der Waals surface area contributed by atoms with Crippen molar-refractivity contribution in [2.75, 3.05) is 6.54 Å². The summed E-state index contributed by atoms with van der Waals surface area (Å²) in [6.45, 7) is 7.37. The number of hydrogen-bond acceptors (Lipinski definition) is 6. The van der Waals surface area contributed by atoms with Gasteiger partial charge in [-0.25, -0.2) is 4.98 Å². The van der Waals surface area contributed by atoms with Crippen molar-refractivity contribution in [3.05, 3.63) is 26.1 Å². The summed E-state index contributed by atoms with van der Waals surface area (Å²) >= 11 is 2.94. The van der Waals surface area contributed by atoms with E-state index >= 15 is 0 Å². The molecule has 2 aromatic rings. The van der Waals surface area contributed by atoms with Gasteiger partial charge >= 0.3 is 0 Å². The van der Waals surface area contributed by atoms with Crippen LogP contribution in [0.1, 0.15) is 51.2 Å². The Morgan fingerprint density at radius 2 is 2.27 bits per heavy atom. The minimum atomic E-state index is 0.0107. The van der Waals surface area contributed by atoms with Gasteiger partial charge in [-0.1, -0.05) is 11.4 Å². The molecule has 1 atom stereocenters. The molecule has 7 heteroatoms. The van der Waals surface area contributed by atoms with Gasteiger partial charge in [-0.05, 0) is 50.6 Å². The van der Waals surface area contributed by atoms with Crippen molar-refractivity contribution in [1.82, 2.24) is 19.5 Å². The molecule has 0 aromatic carbocycles. The second-order valence-electron chi connectivity index (χ2n) is 5.83. The van der Waals surface area contributed by atoms with E-state index in [1.165, 1.54) is 28.5 Å². The molecule has 3 rings (SSSR count). The van der Waals surface area contributed by atoms with Gasteiger partial charge in [-0.2, -0.15) is 0 Å². The number of fused-ring (bicyclic) bond motifs is 1. The normalized spacial score (nSPS) is 17.3. The fraction of sp³-hybridized carbons (Fsp3) is 0.600. The Balaban J connectivity index is 1.76. The summed E-state index contributed by atoms with van der Waals surface area (Å²) in [5.41, 5.74) is 1.96. The lowest BCUT2D eigenvalue weighted by Gasteiger charge is -2.18. The number of hydrogen-bond donors (Lipinski definition) is 0. The fourth-order valence-electron chi connectivity index (χ4n) is 2.72. The monoisotopic (exact) mass is 336 g/mol. The zero-order valence-corrected chi connectivity index (χ0v) is 14.8. The van der Waals surface area contributed by atoms with Crippen LogP contribution in [0.2, 0.25) is 0 Å². The number of nitrogens with zero attached hydrogens (tertiary/aromatic N) is 4. The summed E-state index contributed by atoms with van der Waals surface area (Å²) in [7, 11) is 0. The largest absolute Gasteiger partial charge is 0.331 e. The van der Waals surface area contributed by atoms with Crippen LogP contribution in [-0.2, 0) is 19.4 Å². The Bertz CT molecular complexity index is 679. The van der Waals surface area contributed by atoms with Crippen LogP contribution < -0.4 is 0 Å². The number of aryl methyl sites for hydroxylation is 2. The first-order valence-electron chi connectivity index (χ1n) is 7.64. The van der Waals surface area contributed by atoms with E-state index in [4.69, 9.17) is 4.98 Å². The van der Waals surface area contributed by atoms with Gasteiger partial charge < -0.3 is 4.90 Å². The zero-order valence-electron chi connectivity index (χ0n) is 13.1. The van der Waals surface area contributed by atoms with Crippen LogP contribution in [0.3, 0.4) is 0 Å². The molecule has 0 aliphatic heterocycles. The molecule has 1 aliphatic rings. The van der Waals surface area contributed by atoms with Crippen LogP contribution in [0.5, 0.6) is 0 Å². The van der Waals surface area contributed by atoms with Crippen molar-refractivity contribution >= 4 is 28.8 Å². The third kappa shape index (κ3) is 3.05. The van der Waals surface area contributed by atoms with Gasteiger partial charge in [0.15, 0.2) is 0 Å². The number of thiazole rings is 1. The smallest absolute Gasteiger partial charge is 0.267 e. The van der Waals surface area contributed by atoms with E-state index in [0.29, 0.717) is 23.7 Å². The summed E-state index contributed by atoms with van der Waals surface area (Å²) in [4.78, 5) is 21.2. The first-order valence-corrected chi connectivity index (χ1v) is 9.23. The second kappa shape index (κ2) is 6.42. The Morgan fingerprint density at radius 3 is 2.95 bits per heavy atom. The van der Waals surface area contributed by atoms with Crippen LogP contribution >= 0.6 is 22.9 Å². The summed E-state index contributed by atoms with van der Waals surface area (Å²) < 4.78 is 3.86. The quantitative estimate of drug-likeness (QED) is 0.861. The van der Waals surface area contributed by atoms with E-state index < -0.39 is 0 Å². The third-order valence-electron chi connectivity index (χ3n) is 4.07. The topological polar surface area (TPSA) is 59.0 Å². The molecule has 5 nitrogen and oxygen atoms in total. The Kier molecular flexibility index (Phi) is 4.54. The third-order valence-corrected chi connectivity index (χ3v) is 5.99. The van der Waals surface area contributed by atoms with Crippen LogP contribution in [0.25, 0.3) is 0 Å². The van der Waals surface area contributed by atoms with E-state index in [-0.39, 0.29) is 5.91 Å². The summed E-state index contributed by atoms with van der Waals surface area (Å²) in [5, 5.41) is 4.98. The van der Waals surface area contributed by atoms with Crippen LogP contribution in [0.4, 0.5) is 0 Å². The molecule has 1 unspecified atom stereocenters. The molecule has 0 radical (unpaired) electrons. The molecular weight excluding hydrogens is 316 g/mol. The van der Waals surface area contributed by atoms with Crippen molar-refractivity contribution in [3.8, 4) is 0 Å². The molecule has 0 bridgehead atoms. The van der Waals surface area contributed by atoms with E-state index in [1.54, 1.807) is 11.3 Å². The first-order chi connectivity index (χ1) is 10.6. The Hall–Kier alpha value is -1.34. The van der Waals surface area contributed by atoms with Crippen molar-refractivity contribution in [1.29, 1.82) is 0 Å². The number of carbonyl (C=O) groups excluding carboxylic acids is 1. The van der Waals surface area contributed by atoms with Crippen molar-refractivity contribution in [2.45, 2.75) is 46.6 Å². The molecule has 118 valence electrons. The molecular formula is C15H20N4OS2. The highest BCUT2D eigenvalue weighted by Crippen LogP contribution is 2.30. The highest BCUT2D eigenvalue weighted by Gasteiger charge is 2.23. The number of amides is 1. The average Bonchev–Trinajstić information content (AvgIpc) is 3.09. The molecule has 0 spiro atoms. The molecule has 0 N–H and O–H groups in total. The van der Waals surface area contributed by atoms with Crippen molar-refractivity contribution < 1.29 is 4.79 Å².